The van der Waals surface area contributed by atoms with E-state index in [1.165, 1.54) is 17.4 Å². The van der Waals surface area contributed by atoms with Gasteiger partial charge in [0.25, 0.3) is 0 Å². The SMILES string of the molecule is Cc1cc(Br)ccc1NC(=O)C1CCCN(c2nc3c(F)cccc3s2)C1. The number of benzene rings is 2. The number of nitrogens with one attached hydrogen (secondary N) is 1. The van der Waals surface area contributed by atoms with Crippen LogP contribution in [0, 0.1) is 18.7 Å². The molecule has 0 saturated carbocycles. The second-order valence-electron chi connectivity index (χ2n) is 6.82. The molecule has 140 valence electrons. The maximum Gasteiger partial charge on any atom is 0.229 e. The number of halogens is 2. The maximum absolute atomic E-state index is 13.9. The zero-order valence-electron chi connectivity index (χ0n) is 14.8. The molecular weight excluding hydrogens is 429 g/mol. The monoisotopic (exact) mass is 447 g/mol. The van der Waals surface area contributed by atoms with Crippen LogP contribution in [0.2, 0.25) is 0 Å². The first-order chi connectivity index (χ1) is 13.0. The Balaban J connectivity index is 1.50. The zero-order chi connectivity index (χ0) is 19.0. The van der Waals surface area contributed by atoms with E-state index in [1.54, 1.807) is 6.07 Å². The van der Waals surface area contributed by atoms with Crippen LogP contribution in [0.5, 0.6) is 0 Å². The lowest BCUT2D eigenvalue weighted by Crippen LogP contribution is -2.40. The largest absolute Gasteiger partial charge is 0.347 e. The lowest BCUT2D eigenvalue weighted by molar-refractivity contribution is -0.120. The predicted molar refractivity (Wildman–Crippen MR) is 112 cm³/mol. The van der Waals surface area contributed by atoms with Gasteiger partial charge in [0.2, 0.25) is 5.91 Å². The third-order valence-electron chi connectivity index (χ3n) is 4.87. The van der Waals surface area contributed by atoms with E-state index >= 15 is 0 Å². The number of para-hydroxylation sites is 1. The van der Waals surface area contributed by atoms with Crippen LogP contribution < -0.4 is 10.2 Å². The van der Waals surface area contributed by atoms with Crippen molar-refractivity contribution in [3.05, 3.63) is 52.3 Å². The van der Waals surface area contributed by atoms with Crippen molar-refractivity contribution in [3.8, 4) is 0 Å². The molecule has 1 saturated heterocycles. The van der Waals surface area contributed by atoms with E-state index in [2.05, 4.69) is 31.1 Å². The average molecular weight is 448 g/mol. The lowest BCUT2D eigenvalue weighted by Gasteiger charge is -2.31. The number of hydrogen-bond donors (Lipinski definition) is 1. The van der Waals surface area contributed by atoms with Gasteiger partial charge in [0.15, 0.2) is 5.13 Å². The molecule has 27 heavy (non-hydrogen) atoms. The van der Waals surface area contributed by atoms with Gasteiger partial charge in [0, 0.05) is 23.2 Å². The fraction of sp³-hybridized carbons (Fsp3) is 0.300. The number of thiazole rings is 1. The third kappa shape index (κ3) is 3.84. The molecule has 1 fully saturated rings. The molecule has 2 aromatic carbocycles. The number of aryl methyl sites for hydroxylation is 1. The van der Waals surface area contributed by atoms with Crippen LogP contribution in [-0.2, 0) is 4.79 Å². The highest BCUT2D eigenvalue weighted by molar-refractivity contribution is 9.10. The first-order valence-electron chi connectivity index (χ1n) is 8.88. The normalized spacial score (nSPS) is 17.3. The van der Waals surface area contributed by atoms with Crippen LogP contribution in [0.25, 0.3) is 10.2 Å². The van der Waals surface area contributed by atoms with Gasteiger partial charge in [-0.2, -0.15) is 0 Å². The number of anilines is 2. The summed E-state index contributed by atoms with van der Waals surface area (Å²) < 4.78 is 15.8. The summed E-state index contributed by atoms with van der Waals surface area (Å²) in [5.74, 6) is -0.386. The smallest absolute Gasteiger partial charge is 0.229 e. The van der Waals surface area contributed by atoms with E-state index in [4.69, 9.17) is 0 Å². The minimum absolute atomic E-state index is 0.0254. The first-order valence-corrected chi connectivity index (χ1v) is 10.5. The van der Waals surface area contributed by atoms with Gasteiger partial charge in [0.05, 0.1) is 10.6 Å². The number of fused-ring (bicyclic) bond motifs is 1. The van der Waals surface area contributed by atoms with Crippen LogP contribution >= 0.6 is 27.3 Å². The summed E-state index contributed by atoms with van der Waals surface area (Å²) in [6, 6.07) is 10.8. The van der Waals surface area contributed by atoms with Crippen molar-refractivity contribution in [1.82, 2.24) is 4.98 Å². The number of nitrogens with zero attached hydrogens (tertiary/aromatic N) is 2. The summed E-state index contributed by atoms with van der Waals surface area (Å²) in [5, 5.41) is 3.84. The Kier molecular flexibility index (Phi) is 5.14. The standard InChI is InChI=1S/C20H19BrFN3OS/c1-12-10-14(21)7-8-16(12)23-19(26)13-4-3-9-25(11-13)20-24-18-15(22)5-2-6-17(18)27-20/h2,5-8,10,13H,3-4,9,11H2,1H3,(H,23,26). The average Bonchev–Trinajstić information content (AvgIpc) is 3.10. The minimum Gasteiger partial charge on any atom is -0.347 e. The molecule has 3 aromatic rings. The van der Waals surface area contributed by atoms with Crippen LogP contribution in [0.4, 0.5) is 15.2 Å². The number of carbonyl (C=O) groups is 1. The summed E-state index contributed by atoms with van der Waals surface area (Å²) in [4.78, 5) is 19.4. The molecule has 7 heteroatoms. The summed E-state index contributed by atoms with van der Waals surface area (Å²) in [7, 11) is 0. The first kappa shape index (κ1) is 18.4. The third-order valence-corrected chi connectivity index (χ3v) is 6.44. The van der Waals surface area contributed by atoms with Crippen LogP contribution in [0.3, 0.4) is 0 Å². The highest BCUT2D eigenvalue weighted by atomic mass is 79.9. The number of amides is 1. The number of rotatable bonds is 3. The van der Waals surface area contributed by atoms with Crippen molar-refractivity contribution in [1.29, 1.82) is 0 Å². The fourth-order valence-corrected chi connectivity index (χ4v) is 4.90. The lowest BCUT2D eigenvalue weighted by atomic mass is 9.97. The molecule has 1 aliphatic heterocycles. The number of hydrogen-bond acceptors (Lipinski definition) is 4. The van der Waals surface area contributed by atoms with Gasteiger partial charge < -0.3 is 10.2 Å². The Morgan fingerprint density at radius 2 is 2.22 bits per heavy atom. The maximum atomic E-state index is 13.9. The molecule has 0 aliphatic carbocycles. The summed E-state index contributed by atoms with van der Waals surface area (Å²) >= 11 is 4.92. The molecule has 4 rings (SSSR count). The van der Waals surface area contributed by atoms with Crippen LogP contribution in [0.15, 0.2) is 40.9 Å². The highest BCUT2D eigenvalue weighted by Crippen LogP contribution is 2.33. The summed E-state index contributed by atoms with van der Waals surface area (Å²) in [5.41, 5.74) is 2.27. The molecule has 4 nitrogen and oxygen atoms in total. The van der Waals surface area contributed by atoms with Gasteiger partial charge in [-0.3, -0.25) is 4.79 Å². The van der Waals surface area contributed by atoms with E-state index in [0.29, 0.717) is 12.1 Å². The van der Waals surface area contributed by atoms with Crippen molar-refractivity contribution < 1.29 is 9.18 Å². The Morgan fingerprint density at radius 1 is 1.37 bits per heavy atom. The number of carbonyl (C=O) groups excluding carboxylic acids is 1. The molecular formula is C20H19BrFN3OS. The Bertz CT molecular complexity index is 1010. The molecule has 1 N–H and O–H groups in total. The summed E-state index contributed by atoms with van der Waals surface area (Å²) in [6.07, 6.45) is 1.76. The predicted octanol–water partition coefficient (Wildman–Crippen LogP) is 5.36. The van der Waals surface area contributed by atoms with E-state index < -0.39 is 0 Å². The van der Waals surface area contributed by atoms with Gasteiger partial charge in [-0.1, -0.05) is 33.3 Å². The van der Waals surface area contributed by atoms with Crippen LogP contribution in [0.1, 0.15) is 18.4 Å². The highest BCUT2D eigenvalue weighted by Gasteiger charge is 2.28. The second kappa shape index (κ2) is 7.56. The van der Waals surface area contributed by atoms with E-state index in [1.807, 2.05) is 31.2 Å². The Labute approximate surface area is 169 Å². The summed E-state index contributed by atoms with van der Waals surface area (Å²) in [6.45, 7) is 3.41. The van der Waals surface area contributed by atoms with Gasteiger partial charge in [-0.05, 0) is 55.7 Å². The number of piperidine rings is 1. The topological polar surface area (TPSA) is 45.2 Å². The van der Waals surface area contributed by atoms with Gasteiger partial charge in [-0.25, -0.2) is 9.37 Å². The Hall–Kier alpha value is -1.99. The molecule has 1 amide bonds. The quantitative estimate of drug-likeness (QED) is 0.587. The van der Waals surface area contributed by atoms with E-state index in [9.17, 15) is 9.18 Å². The molecule has 1 unspecified atom stereocenters. The van der Waals surface area contributed by atoms with Crippen molar-refractivity contribution in [2.75, 3.05) is 23.3 Å². The van der Waals surface area contributed by atoms with Gasteiger partial charge in [0.1, 0.15) is 11.3 Å². The molecule has 1 aromatic heterocycles. The molecule has 1 aliphatic rings. The molecule has 0 spiro atoms. The van der Waals surface area contributed by atoms with E-state index in [0.717, 1.165) is 44.9 Å². The van der Waals surface area contributed by atoms with E-state index in [-0.39, 0.29) is 17.6 Å². The minimum atomic E-state index is -0.299. The van der Waals surface area contributed by atoms with Crippen LogP contribution in [-0.4, -0.2) is 24.0 Å². The zero-order valence-corrected chi connectivity index (χ0v) is 17.2. The molecule has 1 atom stereocenters. The molecule has 2 heterocycles. The van der Waals surface area contributed by atoms with Gasteiger partial charge in [-0.15, -0.1) is 0 Å². The fourth-order valence-electron chi connectivity index (χ4n) is 3.41. The van der Waals surface area contributed by atoms with Crippen molar-refractivity contribution >= 4 is 54.2 Å². The number of aromatic nitrogens is 1. The van der Waals surface area contributed by atoms with Crippen molar-refractivity contribution in [3.63, 3.8) is 0 Å². The van der Waals surface area contributed by atoms with Crippen molar-refractivity contribution in [2.24, 2.45) is 5.92 Å². The molecule has 0 radical (unpaired) electrons. The molecule has 0 bridgehead atoms. The van der Waals surface area contributed by atoms with Gasteiger partial charge >= 0.3 is 0 Å². The van der Waals surface area contributed by atoms with Crippen molar-refractivity contribution in [2.45, 2.75) is 19.8 Å². The second-order valence-corrected chi connectivity index (χ2v) is 8.74. The Morgan fingerprint density at radius 3 is 3.00 bits per heavy atom.